The molecular weight excluding hydrogens is 225 g/mol. The van der Waals surface area contributed by atoms with Crippen molar-refractivity contribution in [3.8, 4) is 0 Å². The predicted molar refractivity (Wildman–Crippen MR) is 76.5 cm³/mol. The van der Waals surface area contributed by atoms with Gasteiger partial charge in [0.2, 0.25) is 0 Å². The van der Waals surface area contributed by atoms with Crippen LogP contribution >= 0.6 is 0 Å². The fourth-order valence-corrected chi connectivity index (χ4v) is 1.77. The van der Waals surface area contributed by atoms with Gasteiger partial charge in [-0.2, -0.15) is 0 Å². The first-order valence-electron chi connectivity index (χ1n) is 6.86. The molecule has 0 aliphatic rings. The third-order valence-corrected chi connectivity index (χ3v) is 3.00. The highest BCUT2D eigenvalue weighted by atomic mass is 19.1. The Hall–Kier alpha value is -0.890. The van der Waals surface area contributed by atoms with E-state index in [-0.39, 0.29) is 6.67 Å². The Labute approximate surface area is 111 Å². The van der Waals surface area contributed by atoms with Crippen LogP contribution in [-0.2, 0) is 13.0 Å². The van der Waals surface area contributed by atoms with E-state index in [0.717, 1.165) is 19.5 Å². The van der Waals surface area contributed by atoms with E-state index in [1.54, 1.807) is 0 Å². The second-order valence-corrected chi connectivity index (χ2v) is 6.10. The molecule has 1 N–H and O–H groups in total. The molecule has 1 rings (SSSR count). The highest BCUT2D eigenvalue weighted by Crippen LogP contribution is 2.21. The Bertz CT molecular complexity index is 324. The standard InChI is InChI=1S/C16H26FN/c1-16(2,3)10-9-14-5-7-15(8-6-14)13-18-12-4-11-17/h5-8,18H,4,9-13H2,1-3H3. The SMILES string of the molecule is CC(C)(C)CCc1ccc(CNCCCF)cc1. The molecule has 0 heterocycles. The Morgan fingerprint density at radius 1 is 1.06 bits per heavy atom. The molecular formula is C16H26FN. The van der Waals surface area contributed by atoms with Gasteiger partial charge in [0, 0.05) is 6.54 Å². The summed E-state index contributed by atoms with van der Waals surface area (Å²) in [6, 6.07) is 8.75. The van der Waals surface area contributed by atoms with Crippen molar-refractivity contribution in [3.05, 3.63) is 35.4 Å². The van der Waals surface area contributed by atoms with Crippen molar-refractivity contribution in [1.29, 1.82) is 0 Å². The van der Waals surface area contributed by atoms with Crippen molar-refractivity contribution in [2.75, 3.05) is 13.2 Å². The van der Waals surface area contributed by atoms with E-state index >= 15 is 0 Å². The number of hydrogen-bond acceptors (Lipinski definition) is 1. The van der Waals surface area contributed by atoms with Crippen LogP contribution in [0.25, 0.3) is 0 Å². The lowest BCUT2D eigenvalue weighted by Gasteiger charge is -2.17. The lowest BCUT2D eigenvalue weighted by molar-refractivity contribution is 0.378. The monoisotopic (exact) mass is 251 g/mol. The fourth-order valence-electron chi connectivity index (χ4n) is 1.77. The zero-order valence-electron chi connectivity index (χ0n) is 11.9. The van der Waals surface area contributed by atoms with Crippen molar-refractivity contribution >= 4 is 0 Å². The summed E-state index contributed by atoms with van der Waals surface area (Å²) in [5.41, 5.74) is 3.07. The summed E-state index contributed by atoms with van der Waals surface area (Å²) in [6.45, 7) is 8.17. The number of alkyl halides is 1. The van der Waals surface area contributed by atoms with E-state index in [1.165, 1.54) is 17.5 Å². The van der Waals surface area contributed by atoms with Gasteiger partial charge in [-0.1, -0.05) is 45.0 Å². The molecule has 1 aromatic carbocycles. The minimum absolute atomic E-state index is 0.237. The van der Waals surface area contributed by atoms with Crippen molar-refractivity contribution in [2.24, 2.45) is 5.41 Å². The number of benzene rings is 1. The minimum atomic E-state index is -0.237. The Morgan fingerprint density at radius 3 is 2.22 bits per heavy atom. The van der Waals surface area contributed by atoms with Gasteiger partial charge in [0.15, 0.2) is 0 Å². The Balaban J connectivity index is 2.33. The number of aryl methyl sites for hydroxylation is 1. The van der Waals surface area contributed by atoms with Gasteiger partial charge in [0.25, 0.3) is 0 Å². The minimum Gasteiger partial charge on any atom is -0.313 e. The molecule has 1 aromatic rings. The summed E-state index contributed by atoms with van der Waals surface area (Å²) in [4.78, 5) is 0. The van der Waals surface area contributed by atoms with Crippen LogP contribution in [0.4, 0.5) is 4.39 Å². The van der Waals surface area contributed by atoms with Crippen LogP contribution in [0.3, 0.4) is 0 Å². The molecule has 0 fully saturated rings. The zero-order valence-corrected chi connectivity index (χ0v) is 11.9. The summed E-state index contributed by atoms with van der Waals surface area (Å²) in [5, 5.41) is 3.24. The summed E-state index contributed by atoms with van der Waals surface area (Å²) in [5.74, 6) is 0. The quantitative estimate of drug-likeness (QED) is 0.719. The van der Waals surface area contributed by atoms with E-state index in [9.17, 15) is 4.39 Å². The fraction of sp³-hybridized carbons (Fsp3) is 0.625. The van der Waals surface area contributed by atoms with Crippen molar-refractivity contribution in [2.45, 2.75) is 46.6 Å². The van der Waals surface area contributed by atoms with Crippen molar-refractivity contribution in [3.63, 3.8) is 0 Å². The van der Waals surface area contributed by atoms with Crippen LogP contribution < -0.4 is 5.32 Å². The maximum atomic E-state index is 11.9. The lowest BCUT2D eigenvalue weighted by atomic mass is 9.88. The number of rotatable bonds is 7. The van der Waals surface area contributed by atoms with Crippen molar-refractivity contribution < 1.29 is 4.39 Å². The summed E-state index contributed by atoms with van der Waals surface area (Å²) < 4.78 is 11.9. The zero-order chi connectivity index (χ0) is 13.4. The second-order valence-electron chi connectivity index (χ2n) is 6.10. The first-order valence-corrected chi connectivity index (χ1v) is 6.86. The molecule has 0 aliphatic heterocycles. The largest absolute Gasteiger partial charge is 0.313 e. The van der Waals surface area contributed by atoms with Crippen LogP contribution in [-0.4, -0.2) is 13.2 Å². The normalized spacial score (nSPS) is 11.8. The van der Waals surface area contributed by atoms with Gasteiger partial charge in [-0.3, -0.25) is 4.39 Å². The molecule has 0 saturated carbocycles. The van der Waals surface area contributed by atoms with E-state index in [1.807, 2.05) is 0 Å². The van der Waals surface area contributed by atoms with Gasteiger partial charge in [-0.15, -0.1) is 0 Å². The molecule has 0 saturated heterocycles. The van der Waals surface area contributed by atoms with Gasteiger partial charge in [-0.25, -0.2) is 0 Å². The van der Waals surface area contributed by atoms with Crippen molar-refractivity contribution in [1.82, 2.24) is 5.32 Å². The second kappa shape index (κ2) is 7.52. The molecule has 0 unspecified atom stereocenters. The highest BCUT2D eigenvalue weighted by Gasteiger charge is 2.09. The molecule has 0 bridgehead atoms. The van der Waals surface area contributed by atoms with Gasteiger partial charge >= 0.3 is 0 Å². The maximum Gasteiger partial charge on any atom is 0.0906 e. The molecule has 0 atom stereocenters. The number of nitrogens with one attached hydrogen (secondary N) is 1. The molecule has 0 amide bonds. The summed E-state index contributed by atoms with van der Waals surface area (Å²) in [7, 11) is 0. The van der Waals surface area contributed by atoms with E-state index in [0.29, 0.717) is 11.8 Å². The van der Waals surface area contributed by atoms with Crippen LogP contribution in [0.15, 0.2) is 24.3 Å². The molecule has 2 heteroatoms. The third kappa shape index (κ3) is 6.75. The highest BCUT2D eigenvalue weighted by molar-refractivity contribution is 5.22. The van der Waals surface area contributed by atoms with Gasteiger partial charge in [0.05, 0.1) is 6.67 Å². The number of halogens is 1. The molecule has 18 heavy (non-hydrogen) atoms. The average Bonchev–Trinajstić information content (AvgIpc) is 2.33. The number of hydrogen-bond donors (Lipinski definition) is 1. The molecule has 1 nitrogen and oxygen atoms in total. The topological polar surface area (TPSA) is 12.0 Å². The molecule has 0 aromatic heterocycles. The van der Waals surface area contributed by atoms with Crippen LogP contribution in [0.5, 0.6) is 0 Å². The summed E-state index contributed by atoms with van der Waals surface area (Å²) >= 11 is 0. The van der Waals surface area contributed by atoms with Crippen LogP contribution in [0, 0.1) is 5.41 Å². The van der Waals surface area contributed by atoms with E-state index in [4.69, 9.17) is 0 Å². The van der Waals surface area contributed by atoms with Crippen LogP contribution in [0.2, 0.25) is 0 Å². The maximum absolute atomic E-state index is 11.9. The van der Waals surface area contributed by atoms with Gasteiger partial charge in [-0.05, 0) is 42.3 Å². The molecule has 102 valence electrons. The van der Waals surface area contributed by atoms with E-state index < -0.39 is 0 Å². The predicted octanol–water partition coefficient (Wildman–Crippen LogP) is 4.11. The third-order valence-electron chi connectivity index (χ3n) is 3.00. The molecule has 0 spiro atoms. The average molecular weight is 251 g/mol. The smallest absolute Gasteiger partial charge is 0.0906 e. The summed E-state index contributed by atoms with van der Waals surface area (Å²) in [6.07, 6.45) is 2.95. The first-order chi connectivity index (χ1) is 8.51. The van der Waals surface area contributed by atoms with E-state index in [2.05, 4.69) is 50.4 Å². The Kier molecular flexibility index (Phi) is 6.34. The van der Waals surface area contributed by atoms with Gasteiger partial charge < -0.3 is 5.32 Å². The lowest BCUT2D eigenvalue weighted by Crippen LogP contribution is -2.15. The Morgan fingerprint density at radius 2 is 1.67 bits per heavy atom. The molecule has 0 aliphatic carbocycles. The molecule has 0 radical (unpaired) electrons. The van der Waals surface area contributed by atoms with Crippen LogP contribution in [0.1, 0.15) is 44.7 Å². The first kappa shape index (κ1) is 15.2. The van der Waals surface area contributed by atoms with Gasteiger partial charge in [0.1, 0.15) is 0 Å².